The molecule has 12 aromatic rings. The van der Waals surface area contributed by atoms with Crippen molar-refractivity contribution in [3.63, 3.8) is 0 Å². The summed E-state index contributed by atoms with van der Waals surface area (Å²) in [4.78, 5) is 56.3. The number of rotatable bonds is 26. The SMILES string of the molecule is CC(C)(C)CNCCCn1c(Sc2cc3c(cc2I)OCO3)nc2c(N)ncnc21.CC(C)(C)CNCCn1c(Sc2cc3c(cc2I)OCO3)nc2c(N)ncnc21.CS(=O)(=O)NCCCn1c(Sc2cc3c(cc2I)OCO3)nc2c(N)ncnc21.CS(=O)(=O)NCCn1c(Sc2cc3c(cc2I)OCO3)nc2c(N)ncnc21. The molecule has 4 aliphatic heterocycles. The normalized spacial score (nSPS) is 13.3. The van der Waals surface area contributed by atoms with Crippen LogP contribution >= 0.6 is 137 Å². The monoisotopic (exact) mass is 2150 g/mol. The quantitative estimate of drug-likeness (QED) is 0.0184. The number of fused-ring (bicyclic) bond motifs is 8. The van der Waals surface area contributed by atoms with Gasteiger partial charge in [-0.05, 0) is 176 Å². The first-order chi connectivity index (χ1) is 55.3. The predicted molar refractivity (Wildman–Crippen MR) is 476 cm³/mol. The van der Waals surface area contributed by atoms with Crippen LogP contribution < -0.4 is 80.9 Å². The lowest BCUT2D eigenvalue weighted by atomic mass is 9.97. The van der Waals surface area contributed by atoms with E-state index in [-0.39, 0.29) is 50.4 Å². The largest absolute Gasteiger partial charge is 0.454 e. The van der Waals surface area contributed by atoms with Crippen LogP contribution in [0.4, 0.5) is 23.3 Å². The van der Waals surface area contributed by atoms with Crippen LogP contribution in [0.15, 0.2) is 114 Å². The Hall–Kier alpha value is -7.26. The summed E-state index contributed by atoms with van der Waals surface area (Å²) in [7, 11) is -6.54. The molecule has 36 nitrogen and oxygen atoms in total. The van der Waals surface area contributed by atoms with Crippen LogP contribution in [0.3, 0.4) is 0 Å². The maximum Gasteiger partial charge on any atom is 0.231 e. The molecule has 0 radical (unpaired) electrons. The summed E-state index contributed by atoms with van der Waals surface area (Å²) < 4.78 is 106. The molecule has 16 rings (SSSR count). The molecule has 4 aromatic carbocycles. The minimum absolute atomic E-state index is 0.194. The molecular formula is C70H80I4N24O12S6. The Labute approximate surface area is 738 Å². The minimum atomic E-state index is -3.30. The summed E-state index contributed by atoms with van der Waals surface area (Å²) in [5, 5.41) is 9.99. The predicted octanol–water partition coefficient (Wildman–Crippen LogP) is 10.7. The fraction of sp³-hybridized carbons (Fsp3) is 0.371. The van der Waals surface area contributed by atoms with Gasteiger partial charge in [0, 0.05) is 86.2 Å². The second-order valence-corrected chi connectivity index (χ2v) is 40.7. The number of ether oxygens (including phenoxy) is 8. The highest BCUT2D eigenvalue weighted by Crippen LogP contribution is 2.47. The van der Waals surface area contributed by atoms with E-state index in [1.807, 2.05) is 57.7 Å². The molecule has 8 aromatic heterocycles. The van der Waals surface area contributed by atoms with Gasteiger partial charge in [0.05, 0.1) is 12.5 Å². The second-order valence-electron chi connectivity index (χ2n) is 28.4. The Kier molecular flexibility index (Phi) is 28.0. The number of imidazole rings is 4. The van der Waals surface area contributed by atoms with E-state index in [0.29, 0.717) is 110 Å². The van der Waals surface area contributed by atoms with Crippen LogP contribution in [0.25, 0.3) is 44.7 Å². The fourth-order valence-electron chi connectivity index (χ4n) is 11.5. The smallest absolute Gasteiger partial charge is 0.231 e. The van der Waals surface area contributed by atoms with Crippen molar-refractivity contribution >= 4 is 225 Å². The Morgan fingerprint density at radius 2 is 0.621 bits per heavy atom. The van der Waals surface area contributed by atoms with Gasteiger partial charge in [-0.3, -0.25) is 0 Å². The topological polar surface area (TPSA) is 469 Å². The van der Waals surface area contributed by atoms with Crippen LogP contribution in [0, 0.1) is 25.1 Å². The molecule has 0 bridgehead atoms. The average molecular weight is 2150 g/mol. The number of nitrogens with two attached hydrogens (primary N) is 4. The molecule has 0 saturated heterocycles. The number of nitrogen functional groups attached to an aromatic ring is 4. The van der Waals surface area contributed by atoms with Crippen molar-refractivity contribution in [1.29, 1.82) is 0 Å². The van der Waals surface area contributed by atoms with Gasteiger partial charge in [-0.15, -0.1) is 0 Å². The molecule has 12 N–H and O–H groups in total. The molecule has 0 fully saturated rings. The molecule has 0 atom stereocenters. The molecule has 46 heteroatoms. The maximum atomic E-state index is 11.4. The molecule has 0 amide bonds. The van der Waals surface area contributed by atoms with Crippen molar-refractivity contribution in [3.8, 4) is 46.0 Å². The molecule has 12 heterocycles. The summed E-state index contributed by atoms with van der Waals surface area (Å²) in [5.41, 5.74) is 29.5. The zero-order valence-electron chi connectivity index (χ0n) is 63.6. The van der Waals surface area contributed by atoms with Crippen LogP contribution in [-0.4, -0.2) is 174 Å². The van der Waals surface area contributed by atoms with Gasteiger partial charge in [0.15, 0.2) is 135 Å². The lowest BCUT2D eigenvalue weighted by molar-refractivity contribution is 0.173. The second kappa shape index (κ2) is 37.6. The van der Waals surface area contributed by atoms with Gasteiger partial charge in [0.1, 0.15) is 25.3 Å². The van der Waals surface area contributed by atoms with Crippen LogP contribution in [0.1, 0.15) is 54.4 Å². The molecule has 0 saturated carbocycles. The molecule has 0 spiro atoms. The highest BCUT2D eigenvalue weighted by molar-refractivity contribution is 14.1. The number of aryl methyl sites for hydroxylation is 2. The van der Waals surface area contributed by atoms with Crippen molar-refractivity contribution in [3.05, 3.63) is 88.1 Å². The van der Waals surface area contributed by atoms with Crippen molar-refractivity contribution in [2.75, 3.05) is 102 Å². The minimum Gasteiger partial charge on any atom is -0.454 e. The van der Waals surface area contributed by atoms with Crippen molar-refractivity contribution < 1.29 is 54.7 Å². The average Bonchev–Trinajstić information content (AvgIpc) is 1.65. The molecule has 0 aliphatic carbocycles. The van der Waals surface area contributed by atoms with Gasteiger partial charge in [-0.1, -0.05) is 88.6 Å². The summed E-state index contributed by atoms with van der Waals surface area (Å²) in [5.74, 6) is 7.18. The van der Waals surface area contributed by atoms with E-state index in [1.54, 1.807) is 23.5 Å². The Balaban J connectivity index is 0.000000135. The Morgan fingerprint density at radius 3 is 0.905 bits per heavy atom. The lowest BCUT2D eigenvalue weighted by Gasteiger charge is -2.19. The first kappa shape index (κ1) is 86.6. The number of aromatic nitrogens is 16. The van der Waals surface area contributed by atoms with Crippen molar-refractivity contribution in [1.82, 2.24) is 98.2 Å². The summed E-state index contributed by atoms with van der Waals surface area (Å²) in [6.07, 6.45) is 9.50. The number of benzene rings is 4. The van der Waals surface area contributed by atoms with Gasteiger partial charge < -0.3 is 89.7 Å². The Morgan fingerprint density at radius 1 is 0.371 bits per heavy atom. The van der Waals surface area contributed by atoms with E-state index < -0.39 is 20.0 Å². The Bertz CT molecular complexity index is 5880. The highest BCUT2D eigenvalue weighted by atomic mass is 127. The van der Waals surface area contributed by atoms with Gasteiger partial charge in [0.25, 0.3) is 0 Å². The van der Waals surface area contributed by atoms with Gasteiger partial charge >= 0.3 is 0 Å². The van der Waals surface area contributed by atoms with E-state index >= 15 is 0 Å². The van der Waals surface area contributed by atoms with Gasteiger partial charge in [-0.2, -0.15) is 0 Å². The number of halogens is 4. The first-order valence-electron chi connectivity index (χ1n) is 35.5. The van der Waals surface area contributed by atoms with Gasteiger partial charge in [0.2, 0.25) is 47.2 Å². The van der Waals surface area contributed by atoms with Crippen LogP contribution in [0.5, 0.6) is 46.0 Å². The third-order valence-corrected chi connectivity index (χ3v) is 27.5. The molecule has 4 aliphatic rings. The summed E-state index contributed by atoms with van der Waals surface area (Å²) in [6.45, 7) is 20.7. The van der Waals surface area contributed by atoms with E-state index in [4.69, 9.17) is 70.8 Å². The first-order valence-corrected chi connectivity index (χ1v) is 46.9. The molecular weight excluding hydrogens is 2070 g/mol. The van der Waals surface area contributed by atoms with E-state index in [0.717, 1.165) is 137 Å². The van der Waals surface area contributed by atoms with Gasteiger partial charge in [-0.25, -0.2) is 86.1 Å². The molecule has 616 valence electrons. The van der Waals surface area contributed by atoms with E-state index in [2.05, 4.69) is 211 Å². The number of nitrogens with one attached hydrogen (secondary N) is 4. The number of anilines is 4. The third-order valence-electron chi connectivity index (χ3n) is 16.8. The zero-order chi connectivity index (χ0) is 82.4. The summed E-state index contributed by atoms with van der Waals surface area (Å²) >= 11 is 15.1. The molecule has 0 unspecified atom stereocenters. The standard InChI is InChI=1S/C20H25IN6O2S.C19H23IN6O2S.C16H17IN6O4S2.C15H15IN6O4S2/c1-20(2,3)9-23-5-4-6-27-18-16(17(22)24-10-25-18)26-19(27)30-15-8-14-13(7-12(15)21)28-11-29-14;1-19(2,3)8-22-4-5-26-17-15(16(21)23-9-24-17)25-18(26)29-14-7-13-12(6-11(14)20)27-10-28-13;1-29(24,25)21-3-2-4-23-15-13(14(18)19-7-20-15)22-16(23)28-12-6-11-10(5-9(12)17)26-8-27-11;1-28(23,24)20-2-3-22-14-12(13(17)18-6-19-14)21-15(22)27-11-5-10-9(4-8(11)16)25-7-26-10/h7-8,10,23H,4-6,9,11H2,1-3H3,(H2,22,24,25);6-7,9,22H,4-5,8,10H2,1-3H3,(H2,21,23,24);5-7,21H,2-4,8H2,1H3,(H2,18,19,20);4-6,20H,2-3,7H2,1H3,(H2,17,18,19). The molecule has 116 heavy (non-hydrogen) atoms. The van der Waals surface area contributed by atoms with Crippen LogP contribution in [-0.2, 0) is 46.2 Å². The van der Waals surface area contributed by atoms with Crippen LogP contribution in [0.2, 0.25) is 0 Å². The van der Waals surface area contributed by atoms with Crippen molar-refractivity contribution in [2.45, 2.75) is 121 Å². The number of nitrogens with zero attached hydrogens (tertiary/aromatic N) is 16. The van der Waals surface area contributed by atoms with E-state index in [1.165, 1.54) is 48.8 Å². The number of sulfonamides is 2. The lowest BCUT2D eigenvalue weighted by Crippen LogP contribution is -2.29. The fourth-order valence-corrected chi connectivity index (χ4v) is 19.3. The van der Waals surface area contributed by atoms with Crippen molar-refractivity contribution in [2.24, 2.45) is 10.8 Å². The summed E-state index contributed by atoms with van der Waals surface area (Å²) in [6, 6.07) is 15.6. The van der Waals surface area contributed by atoms with E-state index in [9.17, 15) is 16.8 Å². The maximum absolute atomic E-state index is 11.4. The number of hydrogen-bond donors (Lipinski definition) is 8. The highest BCUT2D eigenvalue weighted by Gasteiger charge is 2.28. The number of hydrogen-bond acceptors (Lipinski definition) is 34. The third kappa shape index (κ3) is 22.0. The zero-order valence-corrected chi connectivity index (χ0v) is 77.1.